The third-order valence-corrected chi connectivity index (χ3v) is 4.02. The van der Waals surface area contributed by atoms with Gasteiger partial charge in [-0.15, -0.1) is 0 Å². The van der Waals surface area contributed by atoms with E-state index in [2.05, 4.69) is 5.32 Å². The van der Waals surface area contributed by atoms with Gasteiger partial charge in [-0.05, 0) is 43.9 Å². The van der Waals surface area contributed by atoms with E-state index in [9.17, 15) is 9.18 Å². The van der Waals surface area contributed by atoms with Crippen LogP contribution in [0, 0.1) is 5.82 Å². The molecule has 0 bridgehead atoms. The highest BCUT2D eigenvalue weighted by Crippen LogP contribution is 2.24. The summed E-state index contributed by atoms with van der Waals surface area (Å²) in [6.07, 6.45) is 0. The molecule has 2 aromatic carbocycles. The Morgan fingerprint density at radius 2 is 1.96 bits per heavy atom. The average Bonchev–Trinajstić information content (AvgIpc) is 2.56. The summed E-state index contributed by atoms with van der Waals surface area (Å²) in [5.74, 6) is -0.434. The Bertz CT molecular complexity index is 754. The van der Waals surface area contributed by atoms with Crippen molar-refractivity contribution in [3.63, 3.8) is 0 Å². The first-order valence-electron chi connectivity index (χ1n) is 7.66. The minimum atomic E-state index is -0.687. The molecule has 0 radical (unpaired) electrons. The fourth-order valence-corrected chi connectivity index (χ4v) is 2.53. The lowest BCUT2D eigenvalue weighted by molar-refractivity contribution is 0.0950. The Kier molecular flexibility index (Phi) is 7.05. The molecular formula is C18H19Cl2FN2O2. The molecule has 0 aliphatic carbocycles. The molecule has 0 saturated carbocycles. The lowest BCUT2D eigenvalue weighted by Crippen LogP contribution is -2.23. The maximum Gasteiger partial charge on any atom is 0.253 e. The molecule has 134 valence electrons. The highest BCUT2D eigenvalue weighted by molar-refractivity contribution is 6.36. The number of rotatable bonds is 7. The van der Waals surface area contributed by atoms with Gasteiger partial charge in [-0.3, -0.25) is 4.79 Å². The quantitative estimate of drug-likeness (QED) is 0.733. The molecule has 4 nitrogen and oxygen atoms in total. The second-order valence-electron chi connectivity index (χ2n) is 5.73. The van der Waals surface area contributed by atoms with Crippen LogP contribution in [0.5, 0.6) is 5.75 Å². The topological polar surface area (TPSA) is 41.6 Å². The largest absolute Gasteiger partial charge is 0.492 e. The van der Waals surface area contributed by atoms with Crippen LogP contribution in [0.2, 0.25) is 10.0 Å². The molecule has 0 atom stereocenters. The van der Waals surface area contributed by atoms with Crippen LogP contribution in [0.1, 0.15) is 15.9 Å². The zero-order valence-electron chi connectivity index (χ0n) is 14.0. The van der Waals surface area contributed by atoms with Gasteiger partial charge in [0.1, 0.15) is 18.2 Å². The van der Waals surface area contributed by atoms with Crippen LogP contribution in [0.4, 0.5) is 4.39 Å². The molecule has 1 N–H and O–H groups in total. The summed E-state index contributed by atoms with van der Waals surface area (Å²) in [5, 5.41) is 2.69. The lowest BCUT2D eigenvalue weighted by atomic mass is 10.1. The molecule has 0 unspecified atom stereocenters. The summed E-state index contributed by atoms with van der Waals surface area (Å²) in [5.41, 5.74) is 0.906. The predicted octanol–water partition coefficient (Wildman–Crippen LogP) is 4.00. The standard InChI is InChI=1S/C18H19Cl2FN2O2/c1-23(2)6-7-25-13-5-3-4-12(8-13)11-22-18(24)14-9-17(21)16(20)10-15(14)19/h3-5,8-10H,6-7,11H2,1-2H3,(H,22,24). The molecule has 0 aliphatic rings. The molecular weight excluding hydrogens is 366 g/mol. The first-order valence-corrected chi connectivity index (χ1v) is 8.41. The first kappa shape index (κ1) is 19.5. The first-order chi connectivity index (χ1) is 11.9. The predicted molar refractivity (Wildman–Crippen MR) is 98.1 cm³/mol. The Morgan fingerprint density at radius 3 is 2.68 bits per heavy atom. The molecule has 0 heterocycles. The van der Waals surface area contributed by atoms with E-state index in [1.54, 1.807) is 0 Å². The van der Waals surface area contributed by atoms with E-state index >= 15 is 0 Å². The van der Waals surface area contributed by atoms with Crippen molar-refractivity contribution in [1.82, 2.24) is 10.2 Å². The van der Waals surface area contributed by atoms with Crippen LogP contribution in [0.15, 0.2) is 36.4 Å². The van der Waals surface area contributed by atoms with Gasteiger partial charge in [0.05, 0.1) is 15.6 Å². The Hall–Kier alpha value is -1.82. The van der Waals surface area contributed by atoms with Crippen molar-refractivity contribution < 1.29 is 13.9 Å². The Morgan fingerprint density at radius 1 is 1.20 bits per heavy atom. The van der Waals surface area contributed by atoms with Gasteiger partial charge < -0.3 is 15.0 Å². The maximum absolute atomic E-state index is 13.5. The highest BCUT2D eigenvalue weighted by atomic mass is 35.5. The van der Waals surface area contributed by atoms with E-state index in [0.29, 0.717) is 6.61 Å². The van der Waals surface area contributed by atoms with Crippen LogP contribution in [-0.4, -0.2) is 38.1 Å². The van der Waals surface area contributed by atoms with Crippen molar-refractivity contribution in [2.75, 3.05) is 27.2 Å². The fraction of sp³-hybridized carbons (Fsp3) is 0.278. The van der Waals surface area contributed by atoms with Gasteiger partial charge in [0.25, 0.3) is 5.91 Å². The molecule has 2 aromatic rings. The monoisotopic (exact) mass is 384 g/mol. The Balaban J connectivity index is 1.97. The SMILES string of the molecule is CN(C)CCOc1cccc(CNC(=O)c2cc(F)c(Cl)cc2Cl)c1. The second kappa shape index (κ2) is 9.04. The molecule has 0 saturated heterocycles. The van der Waals surface area contributed by atoms with Crippen molar-refractivity contribution >= 4 is 29.1 Å². The summed E-state index contributed by atoms with van der Waals surface area (Å²) in [6, 6.07) is 9.66. The van der Waals surface area contributed by atoms with Crippen molar-refractivity contribution in [2.24, 2.45) is 0 Å². The number of ether oxygens (including phenoxy) is 1. The molecule has 25 heavy (non-hydrogen) atoms. The van der Waals surface area contributed by atoms with Crippen molar-refractivity contribution in [2.45, 2.75) is 6.54 Å². The molecule has 7 heteroatoms. The van der Waals surface area contributed by atoms with Crippen LogP contribution in [-0.2, 0) is 6.54 Å². The van der Waals surface area contributed by atoms with Gasteiger partial charge in [0.15, 0.2) is 0 Å². The van der Waals surface area contributed by atoms with Gasteiger partial charge in [-0.1, -0.05) is 35.3 Å². The van der Waals surface area contributed by atoms with Gasteiger partial charge in [-0.25, -0.2) is 4.39 Å². The van der Waals surface area contributed by atoms with Gasteiger partial charge in [0.2, 0.25) is 0 Å². The number of halogens is 3. The van der Waals surface area contributed by atoms with Gasteiger partial charge in [0, 0.05) is 13.1 Å². The van der Waals surface area contributed by atoms with E-state index in [4.69, 9.17) is 27.9 Å². The number of carbonyl (C=O) groups is 1. The van der Waals surface area contributed by atoms with Gasteiger partial charge in [-0.2, -0.15) is 0 Å². The minimum absolute atomic E-state index is 0.0435. The van der Waals surface area contributed by atoms with Crippen molar-refractivity contribution in [3.8, 4) is 5.75 Å². The summed E-state index contributed by atoms with van der Waals surface area (Å²) in [7, 11) is 3.94. The number of carbonyl (C=O) groups excluding carboxylic acids is 1. The van der Waals surface area contributed by atoms with E-state index in [1.165, 1.54) is 6.07 Å². The normalized spacial score (nSPS) is 10.8. The highest BCUT2D eigenvalue weighted by Gasteiger charge is 2.14. The Labute approximate surface area is 156 Å². The third kappa shape index (κ3) is 5.88. The summed E-state index contributed by atoms with van der Waals surface area (Å²) in [6.45, 7) is 1.65. The van der Waals surface area contributed by atoms with E-state index in [-0.39, 0.29) is 22.2 Å². The van der Waals surface area contributed by atoms with E-state index in [0.717, 1.165) is 23.9 Å². The summed E-state index contributed by atoms with van der Waals surface area (Å²) < 4.78 is 19.2. The number of hydrogen-bond donors (Lipinski definition) is 1. The number of amides is 1. The number of nitrogens with one attached hydrogen (secondary N) is 1. The number of likely N-dealkylation sites (N-methyl/N-ethyl adjacent to an activating group) is 1. The van der Waals surface area contributed by atoms with Crippen LogP contribution >= 0.6 is 23.2 Å². The lowest BCUT2D eigenvalue weighted by Gasteiger charge is -2.12. The summed E-state index contributed by atoms with van der Waals surface area (Å²) >= 11 is 11.6. The fourth-order valence-electron chi connectivity index (χ4n) is 2.07. The van der Waals surface area contributed by atoms with Crippen LogP contribution < -0.4 is 10.1 Å². The molecule has 0 spiro atoms. The van der Waals surface area contributed by atoms with Crippen LogP contribution in [0.3, 0.4) is 0 Å². The van der Waals surface area contributed by atoms with Crippen LogP contribution in [0.25, 0.3) is 0 Å². The molecule has 0 fully saturated rings. The zero-order valence-corrected chi connectivity index (χ0v) is 15.5. The molecule has 2 rings (SSSR count). The van der Waals surface area contributed by atoms with Gasteiger partial charge >= 0.3 is 0 Å². The number of nitrogens with zero attached hydrogens (tertiary/aromatic N) is 1. The molecule has 0 aliphatic heterocycles. The average molecular weight is 385 g/mol. The minimum Gasteiger partial charge on any atom is -0.492 e. The second-order valence-corrected chi connectivity index (χ2v) is 6.54. The maximum atomic E-state index is 13.5. The van der Waals surface area contributed by atoms with Crippen molar-refractivity contribution in [1.29, 1.82) is 0 Å². The smallest absolute Gasteiger partial charge is 0.253 e. The van der Waals surface area contributed by atoms with Crippen molar-refractivity contribution in [3.05, 3.63) is 63.4 Å². The number of benzene rings is 2. The molecule has 1 amide bonds. The summed E-state index contributed by atoms with van der Waals surface area (Å²) in [4.78, 5) is 14.2. The van der Waals surface area contributed by atoms with E-state index < -0.39 is 11.7 Å². The molecule has 0 aromatic heterocycles. The third-order valence-electron chi connectivity index (χ3n) is 3.41. The zero-order chi connectivity index (χ0) is 18.4. The number of hydrogen-bond acceptors (Lipinski definition) is 3. The van der Waals surface area contributed by atoms with E-state index in [1.807, 2.05) is 43.3 Å².